The Balaban J connectivity index is 3.05. The van der Waals surface area contributed by atoms with Crippen LogP contribution in [0.4, 0.5) is 5.69 Å². The second kappa shape index (κ2) is 4.85. The van der Waals surface area contributed by atoms with Gasteiger partial charge in [-0.3, -0.25) is 4.79 Å². The van der Waals surface area contributed by atoms with Crippen LogP contribution >= 0.6 is 11.6 Å². The van der Waals surface area contributed by atoms with Gasteiger partial charge in [-0.15, -0.1) is 0 Å². The molecule has 1 rings (SSSR count). The van der Waals surface area contributed by atoms with E-state index in [1.807, 2.05) is 0 Å². The lowest BCUT2D eigenvalue weighted by molar-refractivity contribution is -0.137. The van der Waals surface area contributed by atoms with E-state index in [9.17, 15) is 9.59 Å². The van der Waals surface area contributed by atoms with Crippen LogP contribution in [0.1, 0.15) is 17.3 Å². The molecule has 1 aromatic carbocycles. The minimum atomic E-state index is -1.14. The maximum Gasteiger partial charge on any atom is 0.337 e. The number of hydrogen-bond acceptors (Lipinski definition) is 3. The van der Waals surface area contributed by atoms with Gasteiger partial charge < -0.3 is 15.5 Å². The quantitative estimate of drug-likeness (QED) is 0.752. The largest absolute Gasteiger partial charge is 0.480 e. The number of hydrogen-bond donors (Lipinski definition) is 3. The van der Waals surface area contributed by atoms with Gasteiger partial charge in [0, 0.05) is 5.02 Å². The van der Waals surface area contributed by atoms with E-state index in [4.69, 9.17) is 21.8 Å². The summed E-state index contributed by atoms with van der Waals surface area (Å²) in [5.41, 5.74) is 0.174. The average molecular weight is 244 g/mol. The third-order valence-corrected chi connectivity index (χ3v) is 2.19. The van der Waals surface area contributed by atoms with E-state index in [2.05, 4.69) is 5.32 Å². The van der Waals surface area contributed by atoms with E-state index in [-0.39, 0.29) is 11.3 Å². The number of rotatable bonds is 4. The van der Waals surface area contributed by atoms with Crippen molar-refractivity contribution in [2.75, 3.05) is 5.32 Å². The van der Waals surface area contributed by atoms with E-state index in [0.717, 1.165) is 0 Å². The third-order valence-electron chi connectivity index (χ3n) is 1.95. The van der Waals surface area contributed by atoms with Gasteiger partial charge in [-0.2, -0.15) is 0 Å². The van der Waals surface area contributed by atoms with Crippen molar-refractivity contribution in [3.8, 4) is 0 Å². The van der Waals surface area contributed by atoms with Crippen molar-refractivity contribution >= 4 is 29.2 Å². The lowest BCUT2D eigenvalue weighted by Gasteiger charge is -2.13. The van der Waals surface area contributed by atoms with E-state index < -0.39 is 18.0 Å². The van der Waals surface area contributed by atoms with Gasteiger partial charge in [-0.25, -0.2) is 4.79 Å². The minimum absolute atomic E-state index is 0.0162. The number of benzene rings is 1. The number of carbonyl (C=O) groups is 2. The normalized spacial score (nSPS) is 11.9. The predicted octanol–water partition coefficient (Wildman–Crippen LogP) is 1.92. The lowest BCUT2D eigenvalue weighted by atomic mass is 10.1. The molecule has 0 bridgehead atoms. The minimum Gasteiger partial charge on any atom is -0.480 e. The zero-order valence-corrected chi connectivity index (χ0v) is 9.15. The van der Waals surface area contributed by atoms with Crippen LogP contribution in [0.2, 0.25) is 5.02 Å². The molecule has 0 amide bonds. The SMILES string of the molecule is C[C@H](Nc1cc(Cl)ccc1C(=O)O)C(=O)O. The van der Waals surface area contributed by atoms with E-state index in [1.165, 1.54) is 25.1 Å². The summed E-state index contributed by atoms with van der Waals surface area (Å²) >= 11 is 5.70. The van der Waals surface area contributed by atoms with Gasteiger partial charge >= 0.3 is 11.9 Å². The summed E-state index contributed by atoms with van der Waals surface area (Å²) < 4.78 is 0. The van der Waals surface area contributed by atoms with Gasteiger partial charge in [-0.05, 0) is 25.1 Å². The van der Waals surface area contributed by atoms with Gasteiger partial charge in [0.25, 0.3) is 0 Å². The van der Waals surface area contributed by atoms with Crippen LogP contribution in [0.5, 0.6) is 0 Å². The fourth-order valence-electron chi connectivity index (χ4n) is 1.12. The molecule has 0 saturated carbocycles. The Labute approximate surface area is 96.7 Å². The van der Waals surface area contributed by atoms with Crippen molar-refractivity contribution < 1.29 is 19.8 Å². The fraction of sp³-hybridized carbons (Fsp3) is 0.200. The molecule has 0 heterocycles. The Morgan fingerprint density at radius 3 is 2.50 bits per heavy atom. The molecule has 16 heavy (non-hydrogen) atoms. The summed E-state index contributed by atoms with van der Waals surface area (Å²) in [6, 6.07) is 3.24. The van der Waals surface area contributed by atoms with Crippen LogP contribution in [-0.4, -0.2) is 28.2 Å². The predicted molar refractivity (Wildman–Crippen MR) is 59.1 cm³/mol. The van der Waals surface area contributed by atoms with Crippen LogP contribution in [0.3, 0.4) is 0 Å². The van der Waals surface area contributed by atoms with Gasteiger partial charge in [0.2, 0.25) is 0 Å². The second-order valence-corrected chi connectivity index (χ2v) is 3.64. The molecule has 5 nitrogen and oxygen atoms in total. The van der Waals surface area contributed by atoms with E-state index in [0.29, 0.717) is 5.02 Å². The molecule has 6 heteroatoms. The average Bonchev–Trinajstić information content (AvgIpc) is 2.16. The summed E-state index contributed by atoms with van der Waals surface area (Å²) in [7, 11) is 0. The molecule has 0 fully saturated rings. The Kier molecular flexibility index (Phi) is 3.73. The number of aromatic carboxylic acids is 1. The van der Waals surface area contributed by atoms with Crippen LogP contribution < -0.4 is 5.32 Å². The van der Waals surface area contributed by atoms with Crippen molar-refractivity contribution in [2.45, 2.75) is 13.0 Å². The highest BCUT2D eigenvalue weighted by Crippen LogP contribution is 2.21. The van der Waals surface area contributed by atoms with Crippen LogP contribution in [0.15, 0.2) is 18.2 Å². The number of nitrogens with one attached hydrogen (secondary N) is 1. The Bertz CT molecular complexity index is 433. The van der Waals surface area contributed by atoms with Crippen LogP contribution in [0.25, 0.3) is 0 Å². The zero-order chi connectivity index (χ0) is 12.3. The standard InChI is InChI=1S/C10H10ClNO4/c1-5(9(13)14)12-8-4-6(11)2-3-7(8)10(15)16/h2-5,12H,1H3,(H,13,14)(H,15,16)/t5-/m0/s1. The van der Waals surface area contributed by atoms with Gasteiger partial charge in [0.05, 0.1) is 11.3 Å². The summed E-state index contributed by atoms with van der Waals surface area (Å²) in [6.07, 6.45) is 0. The third kappa shape index (κ3) is 2.87. The van der Waals surface area contributed by atoms with Crippen LogP contribution in [0, 0.1) is 0 Å². The summed E-state index contributed by atoms with van der Waals surface area (Å²) in [6.45, 7) is 1.41. The smallest absolute Gasteiger partial charge is 0.337 e. The maximum absolute atomic E-state index is 10.9. The Morgan fingerprint density at radius 2 is 2.00 bits per heavy atom. The lowest BCUT2D eigenvalue weighted by Crippen LogP contribution is -2.26. The van der Waals surface area contributed by atoms with Crippen molar-refractivity contribution in [1.82, 2.24) is 0 Å². The topological polar surface area (TPSA) is 86.6 Å². The number of anilines is 1. The molecule has 0 aliphatic carbocycles. The van der Waals surface area contributed by atoms with Crippen molar-refractivity contribution in [3.63, 3.8) is 0 Å². The van der Waals surface area contributed by atoms with E-state index in [1.54, 1.807) is 0 Å². The highest BCUT2D eigenvalue weighted by Gasteiger charge is 2.15. The highest BCUT2D eigenvalue weighted by molar-refractivity contribution is 6.31. The number of carboxylic acids is 2. The first-order chi connectivity index (χ1) is 7.41. The molecule has 0 radical (unpaired) electrons. The van der Waals surface area contributed by atoms with Crippen molar-refractivity contribution in [1.29, 1.82) is 0 Å². The Morgan fingerprint density at radius 1 is 1.38 bits per heavy atom. The first kappa shape index (κ1) is 12.3. The van der Waals surface area contributed by atoms with Gasteiger partial charge in [0.15, 0.2) is 0 Å². The molecule has 0 aromatic heterocycles. The number of carboxylic acid groups (broad SMARTS) is 2. The summed E-state index contributed by atoms with van der Waals surface area (Å²) in [4.78, 5) is 21.5. The van der Waals surface area contributed by atoms with Gasteiger partial charge in [0.1, 0.15) is 6.04 Å². The molecule has 0 aliphatic rings. The molecule has 0 unspecified atom stereocenters. The molecule has 3 N–H and O–H groups in total. The number of aliphatic carboxylic acids is 1. The number of halogens is 1. The first-order valence-electron chi connectivity index (χ1n) is 4.44. The fourth-order valence-corrected chi connectivity index (χ4v) is 1.29. The van der Waals surface area contributed by atoms with Crippen molar-refractivity contribution in [2.24, 2.45) is 0 Å². The Hall–Kier alpha value is -1.75. The van der Waals surface area contributed by atoms with E-state index >= 15 is 0 Å². The molecular weight excluding hydrogens is 234 g/mol. The second-order valence-electron chi connectivity index (χ2n) is 3.20. The molecule has 86 valence electrons. The van der Waals surface area contributed by atoms with Gasteiger partial charge in [-0.1, -0.05) is 11.6 Å². The monoisotopic (exact) mass is 243 g/mol. The molecule has 1 atom stereocenters. The molecule has 1 aromatic rings. The molecule has 0 saturated heterocycles. The molecule has 0 aliphatic heterocycles. The maximum atomic E-state index is 10.9. The zero-order valence-electron chi connectivity index (χ0n) is 8.40. The first-order valence-corrected chi connectivity index (χ1v) is 4.82. The highest BCUT2D eigenvalue weighted by atomic mass is 35.5. The summed E-state index contributed by atoms with van der Waals surface area (Å²) in [5, 5.41) is 20.5. The summed E-state index contributed by atoms with van der Waals surface area (Å²) in [5.74, 6) is -2.21. The van der Waals surface area contributed by atoms with Crippen LogP contribution in [-0.2, 0) is 4.79 Å². The molecular formula is C10H10ClNO4. The molecule has 0 spiro atoms. The van der Waals surface area contributed by atoms with Crippen molar-refractivity contribution in [3.05, 3.63) is 28.8 Å².